The van der Waals surface area contributed by atoms with Crippen LogP contribution in [0, 0.1) is 0 Å². The Kier molecular flexibility index (Phi) is 4.17. The summed E-state index contributed by atoms with van der Waals surface area (Å²) in [5.74, 6) is -0.209. The Labute approximate surface area is 139 Å². The number of anilines is 2. The third-order valence-electron chi connectivity index (χ3n) is 3.57. The smallest absolute Gasteiger partial charge is 0.257 e. The molecule has 0 aliphatic rings. The van der Waals surface area contributed by atoms with Gasteiger partial charge in [-0.25, -0.2) is 0 Å². The fourth-order valence-electron chi connectivity index (χ4n) is 2.48. The Morgan fingerprint density at radius 2 is 1.91 bits per heavy atom. The van der Waals surface area contributed by atoms with Gasteiger partial charge in [0.2, 0.25) is 0 Å². The van der Waals surface area contributed by atoms with Crippen molar-refractivity contribution in [3.05, 3.63) is 65.3 Å². The third-order valence-corrected chi connectivity index (χ3v) is 3.80. The maximum atomic E-state index is 12.7. The van der Waals surface area contributed by atoms with E-state index in [-0.39, 0.29) is 5.91 Å². The van der Waals surface area contributed by atoms with Gasteiger partial charge in [0.05, 0.1) is 22.5 Å². The van der Waals surface area contributed by atoms with Crippen LogP contribution in [0.5, 0.6) is 0 Å². The van der Waals surface area contributed by atoms with Crippen molar-refractivity contribution < 1.29 is 4.79 Å². The van der Waals surface area contributed by atoms with Crippen molar-refractivity contribution in [2.45, 2.75) is 0 Å². The molecule has 0 atom stereocenters. The predicted octanol–water partition coefficient (Wildman–Crippen LogP) is 4.21. The number of carbonyl (C=O) groups is 1. The first-order valence-corrected chi connectivity index (χ1v) is 7.56. The molecule has 0 saturated carbocycles. The van der Waals surface area contributed by atoms with Gasteiger partial charge in [-0.1, -0.05) is 29.8 Å². The number of fused-ring (bicyclic) bond motifs is 1. The Morgan fingerprint density at radius 3 is 2.70 bits per heavy atom. The summed E-state index contributed by atoms with van der Waals surface area (Å²) >= 11 is 6.06. The summed E-state index contributed by atoms with van der Waals surface area (Å²) in [6, 6.07) is 14.8. The molecule has 3 aromatic rings. The van der Waals surface area contributed by atoms with Gasteiger partial charge in [0, 0.05) is 30.7 Å². The minimum absolute atomic E-state index is 0.209. The van der Waals surface area contributed by atoms with Crippen LogP contribution in [0.4, 0.5) is 11.4 Å². The van der Waals surface area contributed by atoms with Gasteiger partial charge in [0.25, 0.3) is 5.91 Å². The summed E-state index contributed by atoms with van der Waals surface area (Å²) in [5, 5.41) is 4.44. The van der Waals surface area contributed by atoms with E-state index < -0.39 is 0 Å². The second kappa shape index (κ2) is 6.26. The number of benzene rings is 2. The van der Waals surface area contributed by atoms with Crippen LogP contribution in [-0.2, 0) is 0 Å². The molecule has 3 rings (SSSR count). The summed E-state index contributed by atoms with van der Waals surface area (Å²) in [7, 11) is 3.83. The lowest BCUT2D eigenvalue weighted by atomic mass is 10.1. The molecular formula is C18H16ClN3O. The number of hydrogen-bond acceptors (Lipinski definition) is 3. The Hall–Kier alpha value is -2.59. The van der Waals surface area contributed by atoms with Crippen LogP contribution in [0.15, 0.2) is 54.7 Å². The van der Waals surface area contributed by atoms with Gasteiger partial charge in [-0.15, -0.1) is 0 Å². The topological polar surface area (TPSA) is 45.2 Å². The minimum atomic E-state index is -0.209. The highest BCUT2D eigenvalue weighted by Crippen LogP contribution is 2.28. The lowest BCUT2D eigenvalue weighted by molar-refractivity contribution is 0.102. The Balaban J connectivity index is 2.00. The van der Waals surface area contributed by atoms with Crippen LogP contribution in [0.3, 0.4) is 0 Å². The van der Waals surface area contributed by atoms with E-state index in [4.69, 9.17) is 11.6 Å². The van der Waals surface area contributed by atoms with Gasteiger partial charge in [-0.2, -0.15) is 0 Å². The molecule has 1 amide bonds. The number of pyridine rings is 1. The molecule has 1 aromatic heterocycles. The summed E-state index contributed by atoms with van der Waals surface area (Å²) in [6.07, 6.45) is 1.68. The Morgan fingerprint density at radius 1 is 1.13 bits per heavy atom. The molecule has 23 heavy (non-hydrogen) atoms. The van der Waals surface area contributed by atoms with Crippen molar-refractivity contribution in [2.24, 2.45) is 0 Å². The highest BCUT2D eigenvalue weighted by molar-refractivity contribution is 6.31. The van der Waals surface area contributed by atoms with E-state index in [9.17, 15) is 4.79 Å². The normalized spacial score (nSPS) is 10.6. The number of amides is 1. The van der Waals surface area contributed by atoms with Crippen LogP contribution in [-0.4, -0.2) is 25.0 Å². The molecule has 1 heterocycles. The SMILES string of the molecule is CN(C)c1ccc(Cl)cc1NC(=O)c1cccc2cccnc12. The summed E-state index contributed by atoms with van der Waals surface area (Å²) < 4.78 is 0. The molecule has 0 saturated heterocycles. The lowest BCUT2D eigenvalue weighted by Crippen LogP contribution is -2.17. The number of rotatable bonds is 3. The molecule has 0 radical (unpaired) electrons. The van der Waals surface area contributed by atoms with E-state index in [0.717, 1.165) is 11.1 Å². The minimum Gasteiger partial charge on any atom is -0.376 e. The van der Waals surface area contributed by atoms with Crippen LogP contribution in [0.25, 0.3) is 10.9 Å². The summed E-state index contributed by atoms with van der Waals surface area (Å²) in [5.41, 5.74) is 2.77. The van der Waals surface area contributed by atoms with Gasteiger partial charge in [0.1, 0.15) is 0 Å². The van der Waals surface area contributed by atoms with Crippen molar-refractivity contribution in [3.8, 4) is 0 Å². The first kappa shape index (κ1) is 15.3. The zero-order valence-corrected chi connectivity index (χ0v) is 13.6. The van der Waals surface area contributed by atoms with E-state index in [1.165, 1.54) is 0 Å². The molecule has 116 valence electrons. The van der Waals surface area contributed by atoms with E-state index in [1.807, 2.05) is 49.3 Å². The first-order valence-electron chi connectivity index (χ1n) is 7.18. The molecule has 0 fully saturated rings. The van der Waals surface area contributed by atoms with Crippen LogP contribution in [0.1, 0.15) is 10.4 Å². The molecule has 1 N–H and O–H groups in total. The maximum absolute atomic E-state index is 12.7. The molecular weight excluding hydrogens is 310 g/mol. The maximum Gasteiger partial charge on any atom is 0.257 e. The first-order chi connectivity index (χ1) is 11.1. The number of aromatic nitrogens is 1. The average molecular weight is 326 g/mol. The molecule has 0 aliphatic heterocycles. The number of para-hydroxylation sites is 1. The van der Waals surface area contributed by atoms with Gasteiger partial charge >= 0.3 is 0 Å². The summed E-state index contributed by atoms with van der Waals surface area (Å²) in [4.78, 5) is 18.9. The Bertz CT molecular complexity index is 872. The molecule has 0 spiro atoms. The standard InChI is InChI=1S/C18H16ClN3O/c1-22(2)16-9-8-13(19)11-15(16)21-18(23)14-7-3-5-12-6-4-10-20-17(12)14/h3-11H,1-2H3,(H,21,23). The predicted molar refractivity (Wildman–Crippen MR) is 95.5 cm³/mol. The zero-order chi connectivity index (χ0) is 16.4. The molecule has 0 unspecified atom stereocenters. The highest BCUT2D eigenvalue weighted by atomic mass is 35.5. The van der Waals surface area contributed by atoms with E-state index >= 15 is 0 Å². The van der Waals surface area contributed by atoms with Crippen LogP contribution < -0.4 is 10.2 Å². The average Bonchev–Trinajstić information content (AvgIpc) is 2.54. The number of nitrogens with one attached hydrogen (secondary N) is 1. The van der Waals surface area contributed by atoms with Gasteiger partial charge < -0.3 is 10.2 Å². The second-order valence-corrected chi connectivity index (χ2v) is 5.83. The molecule has 5 heteroatoms. The summed E-state index contributed by atoms with van der Waals surface area (Å²) in [6.45, 7) is 0. The van der Waals surface area contributed by atoms with Gasteiger partial charge in [0.15, 0.2) is 0 Å². The van der Waals surface area contributed by atoms with Crippen LogP contribution >= 0.6 is 11.6 Å². The quantitative estimate of drug-likeness (QED) is 0.784. The van der Waals surface area contributed by atoms with E-state index in [1.54, 1.807) is 24.4 Å². The molecule has 4 nitrogen and oxygen atoms in total. The van der Waals surface area contributed by atoms with Crippen molar-refractivity contribution >= 4 is 39.8 Å². The van der Waals surface area contributed by atoms with Gasteiger partial charge in [-0.3, -0.25) is 9.78 Å². The third kappa shape index (κ3) is 3.12. The molecule has 0 bridgehead atoms. The highest BCUT2D eigenvalue weighted by Gasteiger charge is 2.14. The van der Waals surface area contributed by atoms with Crippen molar-refractivity contribution in [1.82, 2.24) is 4.98 Å². The lowest BCUT2D eigenvalue weighted by Gasteiger charge is -2.18. The second-order valence-electron chi connectivity index (χ2n) is 5.39. The zero-order valence-electron chi connectivity index (χ0n) is 12.9. The number of nitrogens with zero attached hydrogens (tertiary/aromatic N) is 2. The number of halogens is 1. The fraction of sp³-hybridized carbons (Fsp3) is 0.111. The monoisotopic (exact) mass is 325 g/mol. The molecule has 0 aliphatic carbocycles. The fourth-order valence-corrected chi connectivity index (χ4v) is 2.65. The number of hydrogen-bond donors (Lipinski definition) is 1. The molecule has 2 aromatic carbocycles. The van der Waals surface area contributed by atoms with Crippen molar-refractivity contribution in [1.29, 1.82) is 0 Å². The van der Waals surface area contributed by atoms with E-state index in [0.29, 0.717) is 21.8 Å². The van der Waals surface area contributed by atoms with Crippen LogP contribution in [0.2, 0.25) is 5.02 Å². The van der Waals surface area contributed by atoms with Gasteiger partial charge in [-0.05, 0) is 30.3 Å². The number of carbonyl (C=O) groups excluding carboxylic acids is 1. The van der Waals surface area contributed by atoms with E-state index in [2.05, 4.69) is 10.3 Å². The van der Waals surface area contributed by atoms with Crippen molar-refractivity contribution in [2.75, 3.05) is 24.3 Å². The largest absolute Gasteiger partial charge is 0.376 e. The van der Waals surface area contributed by atoms with Crippen molar-refractivity contribution in [3.63, 3.8) is 0 Å².